The molecule has 2 amide bonds. The lowest BCUT2D eigenvalue weighted by atomic mass is 9.84. The standard InChI is InChI=1S/C19H25F3N2O3/c1-11(18(2,3)17(26)23-4)24-16(25)13-7-8-14(12-5-6-12)15(9-13)27-10-19(20,21)22/h7-9,11-12H,5-6,10H2,1-4H3,(H,23,26)(H,24,25)/t11-/m0/s1. The summed E-state index contributed by atoms with van der Waals surface area (Å²) in [7, 11) is 1.51. The molecule has 0 bridgehead atoms. The quantitative estimate of drug-likeness (QED) is 0.755. The van der Waals surface area contributed by atoms with Gasteiger partial charge in [0.1, 0.15) is 5.75 Å². The molecule has 1 aliphatic rings. The second-order valence-electron chi connectivity index (χ2n) is 7.43. The molecule has 0 spiro atoms. The molecule has 1 aliphatic carbocycles. The van der Waals surface area contributed by atoms with Crippen molar-refractivity contribution in [3.05, 3.63) is 29.3 Å². The largest absolute Gasteiger partial charge is 0.484 e. The van der Waals surface area contributed by atoms with E-state index in [9.17, 15) is 22.8 Å². The van der Waals surface area contributed by atoms with Gasteiger partial charge in [-0.15, -0.1) is 0 Å². The zero-order valence-electron chi connectivity index (χ0n) is 15.9. The third-order valence-corrected chi connectivity index (χ3v) is 4.93. The molecule has 2 N–H and O–H groups in total. The van der Waals surface area contributed by atoms with Crippen molar-refractivity contribution in [3.63, 3.8) is 0 Å². The van der Waals surface area contributed by atoms with E-state index in [1.807, 2.05) is 0 Å². The normalized spacial score (nSPS) is 15.8. The van der Waals surface area contributed by atoms with Crippen LogP contribution in [0.2, 0.25) is 0 Å². The Morgan fingerprint density at radius 1 is 1.26 bits per heavy atom. The molecule has 1 aromatic carbocycles. The van der Waals surface area contributed by atoms with Crippen molar-refractivity contribution in [2.45, 2.75) is 51.7 Å². The van der Waals surface area contributed by atoms with Gasteiger partial charge in [0, 0.05) is 18.7 Å². The molecule has 0 aliphatic heterocycles. The highest BCUT2D eigenvalue weighted by Gasteiger charge is 2.35. The Kier molecular flexibility index (Phi) is 6.07. The molecule has 2 rings (SSSR count). The number of benzene rings is 1. The number of alkyl halides is 3. The smallest absolute Gasteiger partial charge is 0.422 e. The summed E-state index contributed by atoms with van der Waals surface area (Å²) in [5, 5.41) is 5.29. The van der Waals surface area contributed by atoms with E-state index >= 15 is 0 Å². The number of hydrogen-bond acceptors (Lipinski definition) is 3. The van der Waals surface area contributed by atoms with Crippen LogP contribution in [-0.4, -0.2) is 37.7 Å². The first kappa shape index (κ1) is 21.1. The zero-order valence-corrected chi connectivity index (χ0v) is 15.9. The fourth-order valence-electron chi connectivity index (χ4n) is 2.67. The van der Waals surface area contributed by atoms with Crippen molar-refractivity contribution in [1.29, 1.82) is 0 Å². The van der Waals surface area contributed by atoms with Crippen LogP contribution in [0.3, 0.4) is 0 Å². The Balaban J connectivity index is 2.17. The van der Waals surface area contributed by atoms with E-state index in [1.165, 1.54) is 13.1 Å². The molecule has 1 atom stereocenters. The van der Waals surface area contributed by atoms with Crippen LogP contribution in [0.15, 0.2) is 18.2 Å². The van der Waals surface area contributed by atoms with E-state index < -0.39 is 30.1 Å². The van der Waals surface area contributed by atoms with Gasteiger partial charge in [-0.2, -0.15) is 13.2 Å². The monoisotopic (exact) mass is 386 g/mol. The molecule has 27 heavy (non-hydrogen) atoms. The van der Waals surface area contributed by atoms with Crippen molar-refractivity contribution < 1.29 is 27.5 Å². The molecular weight excluding hydrogens is 361 g/mol. The van der Waals surface area contributed by atoms with Crippen molar-refractivity contribution >= 4 is 11.8 Å². The lowest BCUT2D eigenvalue weighted by Gasteiger charge is -2.30. The average molecular weight is 386 g/mol. The minimum Gasteiger partial charge on any atom is -0.484 e. The molecule has 1 fully saturated rings. The minimum atomic E-state index is -4.45. The molecule has 0 aromatic heterocycles. The highest BCUT2D eigenvalue weighted by molar-refractivity contribution is 5.95. The second-order valence-corrected chi connectivity index (χ2v) is 7.43. The van der Waals surface area contributed by atoms with Crippen molar-refractivity contribution in [2.24, 2.45) is 5.41 Å². The number of carbonyl (C=O) groups is 2. The minimum absolute atomic E-state index is 0.0840. The summed E-state index contributed by atoms with van der Waals surface area (Å²) in [4.78, 5) is 24.5. The van der Waals surface area contributed by atoms with E-state index in [-0.39, 0.29) is 23.1 Å². The molecule has 1 saturated carbocycles. The predicted octanol–water partition coefficient (Wildman–Crippen LogP) is 3.40. The summed E-state index contributed by atoms with van der Waals surface area (Å²) in [5.41, 5.74) is 0.0271. The first-order valence-electron chi connectivity index (χ1n) is 8.82. The van der Waals surface area contributed by atoms with Crippen LogP contribution >= 0.6 is 0 Å². The maximum absolute atomic E-state index is 12.5. The van der Waals surface area contributed by atoms with Crippen molar-refractivity contribution in [3.8, 4) is 5.75 Å². The molecule has 150 valence electrons. The second kappa shape index (κ2) is 7.78. The molecule has 0 saturated heterocycles. The molecule has 8 heteroatoms. The van der Waals surface area contributed by atoms with E-state index in [1.54, 1.807) is 32.9 Å². The average Bonchev–Trinajstić information content (AvgIpc) is 3.42. The fraction of sp³-hybridized carbons (Fsp3) is 0.579. The summed E-state index contributed by atoms with van der Waals surface area (Å²) >= 11 is 0. The van der Waals surface area contributed by atoms with Gasteiger partial charge in [0.25, 0.3) is 5.91 Å². The van der Waals surface area contributed by atoms with Gasteiger partial charge < -0.3 is 15.4 Å². The lowest BCUT2D eigenvalue weighted by molar-refractivity contribution is -0.153. The summed E-state index contributed by atoms with van der Waals surface area (Å²) < 4.78 is 42.5. The van der Waals surface area contributed by atoms with Gasteiger partial charge in [0.15, 0.2) is 6.61 Å². The van der Waals surface area contributed by atoms with Crippen LogP contribution in [0, 0.1) is 5.41 Å². The molecule has 1 aromatic rings. The van der Waals surface area contributed by atoms with Gasteiger partial charge in [-0.25, -0.2) is 0 Å². The number of hydrogen-bond donors (Lipinski definition) is 2. The van der Waals surface area contributed by atoms with E-state index in [0.717, 1.165) is 12.8 Å². The van der Waals surface area contributed by atoms with Gasteiger partial charge in [0.05, 0.1) is 5.41 Å². The highest BCUT2D eigenvalue weighted by Crippen LogP contribution is 2.44. The fourth-order valence-corrected chi connectivity index (χ4v) is 2.67. The Hall–Kier alpha value is -2.25. The molecular formula is C19H25F3N2O3. The molecule has 0 radical (unpaired) electrons. The lowest BCUT2D eigenvalue weighted by Crippen LogP contribution is -2.50. The van der Waals surface area contributed by atoms with Crippen LogP contribution in [0.5, 0.6) is 5.75 Å². The number of amides is 2. The van der Waals surface area contributed by atoms with Gasteiger partial charge in [0.2, 0.25) is 5.91 Å². The van der Waals surface area contributed by atoms with Crippen LogP contribution in [0.1, 0.15) is 55.5 Å². The number of ether oxygens (including phenoxy) is 1. The summed E-state index contributed by atoms with van der Waals surface area (Å²) in [6, 6.07) is 4.07. The highest BCUT2D eigenvalue weighted by atomic mass is 19.4. The topological polar surface area (TPSA) is 67.4 Å². The zero-order chi connectivity index (χ0) is 20.4. The Labute approximate surface area is 156 Å². The summed E-state index contributed by atoms with van der Waals surface area (Å²) in [6.07, 6.45) is -2.66. The number of rotatable bonds is 7. The molecule has 5 nitrogen and oxygen atoms in total. The SMILES string of the molecule is CNC(=O)C(C)(C)[C@H](C)NC(=O)c1ccc(C2CC2)c(OCC(F)(F)F)c1. The molecule has 0 heterocycles. The molecule has 0 unspecified atom stereocenters. The van der Waals surface area contributed by atoms with Crippen LogP contribution in [0.4, 0.5) is 13.2 Å². The van der Waals surface area contributed by atoms with Crippen LogP contribution in [-0.2, 0) is 4.79 Å². The van der Waals surface area contributed by atoms with Gasteiger partial charge in [-0.05, 0) is 57.2 Å². The third-order valence-electron chi connectivity index (χ3n) is 4.93. The first-order chi connectivity index (χ1) is 12.5. The Bertz CT molecular complexity index is 713. The Morgan fingerprint density at radius 3 is 2.41 bits per heavy atom. The number of nitrogens with one attached hydrogen (secondary N) is 2. The van der Waals surface area contributed by atoms with E-state index in [0.29, 0.717) is 5.56 Å². The van der Waals surface area contributed by atoms with E-state index in [4.69, 9.17) is 4.74 Å². The predicted molar refractivity (Wildman–Crippen MR) is 94.7 cm³/mol. The summed E-state index contributed by atoms with van der Waals surface area (Å²) in [6.45, 7) is 3.69. The van der Waals surface area contributed by atoms with Crippen LogP contribution in [0.25, 0.3) is 0 Å². The maximum atomic E-state index is 12.5. The number of halogens is 3. The van der Waals surface area contributed by atoms with Gasteiger partial charge in [-0.3, -0.25) is 9.59 Å². The third kappa shape index (κ3) is 5.37. The Morgan fingerprint density at radius 2 is 1.89 bits per heavy atom. The maximum Gasteiger partial charge on any atom is 0.422 e. The van der Waals surface area contributed by atoms with Crippen molar-refractivity contribution in [1.82, 2.24) is 10.6 Å². The van der Waals surface area contributed by atoms with Gasteiger partial charge in [-0.1, -0.05) is 6.07 Å². The van der Waals surface area contributed by atoms with Gasteiger partial charge >= 0.3 is 6.18 Å². The van der Waals surface area contributed by atoms with E-state index in [2.05, 4.69) is 10.6 Å². The summed E-state index contributed by atoms with van der Waals surface area (Å²) in [5.74, 6) is -0.440. The first-order valence-corrected chi connectivity index (χ1v) is 8.82. The number of carbonyl (C=O) groups excluding carboxylic acids is 2. The van der Waals surface area contributed by atoms with Crippen molar-refractivity contribution in [2.75, 3.05) is 13.7 Å². The van der Waals surface area contributed by atoms with Crippen LogP contribution < -0.4 is 15.4 Å².